The number of aliphatic carboxylic acids is 1. The van der Waals surface area contributed by atoms with Crippen LogP contribution in [0.25, 0.3) is 0 Å². The van der Waals surface area contributed by atoms with Crippen molar-refractivity contribution in [2.75, 3.05) is 6.61 Å². The van der Waals surface area contributed by atoms with E-state index in [1.165, 1.54) is 0 Å². The first-order valence-corrected chi connectivity index (χ1v) is 4.77. The van der Waals surface area contributed by atoms with Crippen LogP contribution < -0.4 is 0 Å². The highest BCUT2D eigenvalue weighted by molar-refractivity contribution is 7.82. The van der Waals surface area contributed by atoms with E-state index in [4.69, 9.17) is 5.11 Å². The Bertz CT molecular complexity index is 327. The molecule has 14 heavy (non-hydrogen) atoms. The number of thiol groups is 1. The monoisotopic (exact) mass is 215 g/mol. The summed E-state index contributed by atoms with van der Waals surface area (Å²) >= 11 is 4.11. The molecule has 2 heterocycles. The molecule has 0 aliphatic carbocycles. The smallest absolute Gasteiger partial charge is 0.350 e. The summed E-state index contributed by atoms with van der Waals surface area (Å²) in [4.78, 5) is 25.6. The molecule has 2 aliphatic rings. The molecule has 2 aliphatic heterocycles. The second kappa shape index (κ2) is 3.27. The second-order valence-corrected chi connectivity index (χ2v) is 4.00. The number of nitrogens with zero attached hydrogens (tertiary/aromatic N) is 1. The Morgan fingerprint density at radius 2 is 2.36 bits per heavy atom. The van der Waals surface area contributed by atoms with Crippen molar-refractivity contribution in [3.63, 3.8) is 0 Å². The van der Waals surface area contributed by atoms with Crippen LogP contribution in [0.5, 0.6) is 0 Å². The Kier molecular flexibility index (Phi) is 2.22. The summed E-state index contributed by atoms with van der Waals surface area (Å²) in [5.41, 5.74) is 0.0537. The second-order valence-electron chi connectivity index (χ2n) is 3.37. The molecule has 0 radical (unpaired) electrons. The van der Waals surface area contributed by atoms with Gasteiger partial charge in [-0.2, -0.15) is 12.6 Å². The predicted molar refractivity (Wildman–Crippen MR) is 50.7 cm³/mol. The maximum atomic E-state index is 10.9. The minimum absolute atomic E-state index is 0.0537. The van der Waals surface area contributed by atoms with Crippen molar-refractivity contribution in [1.29, 1.82) is 0 Å². The van der Waals surface area contributed by atoms with Crippen LogP contribution in [0.15, 0.2) is 4.99 Å². The zero-order valence-corrected chi connectivity index (χ0v) is 8.11. The van der Waals surface area contributed by atoms with E-state index in [0.717, 1.165) is 0 Å². The minimum atomic E-state index is -1.06. The Morgan fingerprint density at radius 3 is 2.71 bits per heavy atom. The van der Waals surface area contributed by atoms with E-state index < -0.39 is 5.97 Å². The van der Waals surface area contributed by atoms with Crippen molar-refractivity contribution >= 4 is 30.3 Å². The maximum absolute atomic E-state index is 10.9. The summed E-state index contributed by atoms with van der Waals surface area (Å²) in [5.74, 6) is -1.60. The number of esters is 1. The van der Waals surface area contributed by atoms with E-state index in [1.54, 1.807) is 0 Å². The number of aliphatic imine (C=N–C) groups is 1. The van der Waals surface area contributed by atoms with Gasteiger partial charge in [0.15, 0.2) is 0 Å². The molecule has 5 nitrogen and oxygen atoms in total. The highest BCUT2D eigenvalue weighted by Gasteiger charge is 2.43. The van der Waals surface area contributed by atoms with Crippen LogP contribution in [-0.4, -0.2) is 40.7 Å². The van der Waals surface area contributed by atoms with Gasteiger partial charge < -0.3 is 9.84 Å². The summed E-state index contributed by atoms with van der Waals surface area (Å²) in [6.45, 7) is 0.348. The number of ether oxygens (including phenoxy) is 1. The Hall–Kier alpha value is -1.04. The topological polar surface area (TPSA) is 76.0 Å². The SMILES string of the molecule is O=C(O)C1=NC([C@H]2COC2=O)CC1S. The van der Waals surface area contributed by atoms with Crippen LogP contribution in [0.4, 0.5) is 0 Å². The van der Waals surface area contributed by atoms with Gasteiger partial charge in [0.25, 0.3) is 0 Å². The van der Waals surface area contributed by atoms with Gasteiger partial charge in [-0.15, -0.1) is 0 Å². The summed E-state index contributed by atoms with van der Waals surface area (Å²) < 4.78 is 4.61. The van der Waals surface area contributed by atoms with Gasteiger partial charge in [-0.05, 0) is 6.42 Å². The van der Waals surface area contributed by atoms with Crippen LogP contribution in [0.2, 0.25) is 0 Å². The molecule has 0 saturated carbocycles. The molecule has 2 rings (SSSR count). The molecule has 6 heteroatoms. The number of rotatable bonds is 2. The largest absolute Gasteiger partial charge is 0.477 e. The van der Waals surface area contributed by atoms with Gasteiger partial charge >= 0.3 is 11.9 Å². The highest BCUT2D eigenvalue weighted by Crippen LogP contribution is 2.29. The Balaban J connectivity index is 2.11. The van der Waals surface area contributed by atoms with Gasteiger partial charge in [0, 0.05) is 0 Å². The molecule has 1 fully saturated rings. The minimum Gasteiger partial charge on any atom is -0.477 e. The van der Waals surface area contributed by atoms with Crippen molar-refractivity contribution < 1.29 is 19.4 Å². The first-order chi connectivity index (χ1) is 6.59. The van der Waals surface area contributed by atoms with Gasteiger partial charge in [-0.25, -0.2) is 4.79 Å². The lowest BCUT2D eigenvalue weighted by molar-refractivity contribution is -0.169. The quantitative estimate of drug-likeness (QED) is 0.492. The van der Waals surface area contributed by atoms with Crippen molar-refractivity contribution in [3.8, 4) is 0 Å². The van der Waals surface area contributed by atoms with Gasteiger partial charge in [0.1, 0.15) is 18.2 Å². The van der Waals surface area contributed by atoms with E-state index >= 15 is 0 Å². The normalized spacial score (nSPS) is 35.9. The highest BCUT2D eigenvalue weighted by atomic mass is 32.1. The number of carboxylic acid groups (broad SMARTS) is 1. The fourth-order valence-electron chi connectivity index (χ4n) is 1.63. The van der Waals surface area contributed by atoms with Crippen LogP contribution in [0.1, 0.15) is 6.42 Å². The average Bonchev–Trinajstić information content (AvgIpc) is 2.44. The lowest BCUT2D eigenvalue weighted by atomic mass is 9.95. The fraction of sp³-hybridized carbons (Fsp3) is 0.625. The third-order valence-corrected chi connectivity index (χ3v) is 2.93. The lowest BCUT2D eigenvalue weighted by Crippen LogP contribution is -2.41. The molecule has 0 aromatic carbocycles. The van der Waals surface area contributed by atoms with Gasteiger partial charge in [-0.3, -0.25) is 9.79 Å². The standard InChI is InChI=1S/C8H9NO4S/c10-7(11)6-5(14)1-4(9-6)3-2-13-8(3)12/h3-5,14H,1-2H2,(H,10,11)/t3-,4?,5?/m1/s1. The van der Waals surface area contributed by atoms with Gasteiger partial charge in [-0.1, -0.05) is 0 Å². The van der Waals surface area contributed by atoms with Gasteiger partial charge in [0.05, 0.1) is 11.3 Å². The number of cyclic esters (lactones) is 1. The molecular weight excluding hydrogens is 206 g/mol. The molecule has 1 N–H and O–H groups in total. The maximum Gasteiger partial charge on any atom is 0.350 e. The number of carboxylic acids is 1. The Labute approximate surface area is 85.6 Å². The number of hydrogen-bond acceptors (Lipinski definition) is 5. The van der Waals surface area contributed by atoms with E-state index in [1.807, 2.05) is 0 Å². The van der Waals surface area contributed by atoms with Crippen molar-refractivity contribution in [1.82, 2.24) is 0 Å². The molecule has 0 aromatic heterocycles. The van der Waals surface area contributed by atoms with Crippen LogP contribution >= 0.6 is 12.6 Å². The third-order valence-electron chi connectivity index (χ3n) is 2.48. The molecule has 0 bridgehead atoms. The summed E-state index contributed by atoms with van der Waals surface area (Å²) in [5, 5.41) is 8.37. The van der Waals surface area contributed by atoms with E-state index in [2.05, 4.69) is 22.4 Å². The molecule has 0 spiro atoms. The molecule has 1 saturated heterocycles. The van der Waals surface area contributed by atoms with Crippen molar-refractivity contribution in [2.24, 2.45) is 10.9 Å². The third kappa shape index (κ3) is 1.39. The first-order valence-electron chi connectivity index (χ1n) is 4.25. The fourth-order valence-corrected chi connectivity index (χ4v) is 2.02. The summed E-state index contributed by atoms with van der Waals surface area (Å²) in [6.07, 6.45) is 0.504. The lowest BCUT2D eigenvalue weighted by Gasteiger charge is -2.27. The van der Waals surface area contributed by atoms with Crippen molar-refractivity contribution in [3.05, 3.63) is 0 Å². The van der Waals surface area contributed by atoms with Crippen LogP contribution in [0.3, 0.4) is 0 Å². The number of carbonyl (C=O) groups is 2. The molecule has 3 atom stereocenters. The zero-order valence-electron chi connectivity index (χ0n) is 7.21. The van der Waals surface area contributed by atoms with Crippen LogP contribution in [0, 0.1) is 5.92 Å². The molecular formula is C8H9NO4S. The summed E-state index contributed by atoms with van der Waals surface area (Å²) in [7, 11) is 0. The van der Waals surface area contributed by atoms with Gasteiger partial charge in [0.2, 0.25) is 0 Å². The van der Waals surface area contributed by atoms with Crippen molar-refractivity contribution in [2.45, 2.75) is 17.7 Å². The summed E-state index contributed by atoms with van der Waals surface area (Å²) in [6, 6.07) is -0.259. The number of carbonyl (C=O) groups excluding carboxylic acids is 1. The zero-order chi connectivity index (χ0) is 10.3. The van der Waals surface area contributed by atoms with E-state index in [9.17, 15) is 9.59 Å². The molecule has 0 aromatic rings. The van der Waals surface area contributed by atoms with Crippen LogP contribution in [-0.2, 0) is 14.3 Å². The van der Waals surface area contributed by atoms with E-state index in [0.29, 0.717) is 13.0 Å². The Morgan fingerprint density at radius 1 is 1.64 bits per heavy atom. The predicted octanol–water partition coefficient (Wildman–Crippen LogP) is -0.244. The average molecular weight is 215 g/mol. The molecule has 76 valence electrons. The number of hydrogen-bond donors (Lipinski definition) is 2. The molecule has 0 amide bonds. The first kappa shape index (κ1) is 9.51. The van der Waals surface area contributed by atoms with E-state index in [-0.39, 0.29) is 28.9 Å². The molecule has 2 unspecified atom stereocenters.